The van der Waals surface area contributed by atoms with Crippen molar-refractivity contribution in [1.29, 1.82) is 0 Å². The normalized spacial score (nSPS) is 14.9. The third-order valence-electron chi connectivity index (χ3n) is 5.00. The number of likely N-dealkylation sites (tertiary alicyclic amines) is 1. The largest absolute Gasteiger partial charge is 0.383 e. The van der Waals surface area contributed by atoms with Crippen LogP contribution in [0.15, 0.2) is 41.1 Å². The molecule has 2 aromatic rings. The lowest BCUT2D eigenvalue weighted by molar-refractivity contribution is 0.0691. The van der Waals surface area contributed by atoms with Gasteiger partial charge in [-0.3, -0.25) is 9.59 Å². The highest BCUT2D eigenvalue weighted by molar-refractivity contribution is 7.08. The first-order chi connectivity index (χ1) is 13.2. The lowest BCUT2D eigenvalue weighted by Crippen LogP contribution is -2.38. The van der Waals surface area contributed by atoms with E-state index in [-0.39, 0.29) is 11.8 Å². The zero-order chi connectivity index (χ0) is 19.1. The van der Waals surface area contributed by atoms with Crippen molar-refractivity contribution in [2.75, 3.05) is 33.4 Å². The van der Waals surface area contributed by atoms with E-state index in [2.05, 4.69) is 5.32 Å². The number of rotatable bonds is 7. The summed E-state index contributed by atoms with van der Waals surface area (Å²) in [4.78, 5) is 26.4. The molecule has 0 saturated carbocycles. The summed E-state index contributed by atoms with van der Waals surface area (Å²) in [5.41, 5.74) is 2.72. The Bertz CT molecular complexity index is 735. The van der Waals surface area contributed by atoms with Crippen LogP contribution in [-0.2, 0) is 11.2 Å². The van der Waals surface area contributed by atoms with Crippen molar-refractivity contribution in [1.82, 2.24) is 10.2 Å². The molecule has 0 spiro atoms. The average molecular weight is 387 g/mol. The fourth-order valence-electron chi connectivity index (χ4n) is 3.40. The first kappa shape index (κ1) is 19.6. The Morgan fingerprint density at radius 1 is 1.15 bits per heavy atom. The Hall–Kier alpha value is -2.18. The molecule has 0 radical (unpaired) electrons. The number of piperidine rings is 1. The lowest BCUT2D eigenvalue weighted by Gasteiger charge is -2.32. The van der Waals surface area contributed by atoms with E-state index in [1.807, 2.05) is 46.0 Å². The summed E-state index contributed by atoms with van der Waals surface area (Å²) in [5, 5.41) is 6.69. The third-order valence-corrected chi connectivity index (χ3v) is 5.69. The first-order valence-corrected chi connectivity index (χ1v) is 10.3. The van der Waals surface area contributed by atoms with Crippen LogP contribution >= 0.6 is 11.3 Å². The van der Waals surface area contributed by atoms with E-state index in [1.54, 1.807) is 18.4 Å². The van der Waals surface area contributed by atoms with Gasteiger partial charge in [0.2, 0.25) is 0 Å². The first-order valence-electron chi connectivity index (χ1n) is 9.35. The summed E-state index contributed by atoms with van der Waals surface area (Å²) < 4.78 is 4.94. The van der Waals surface area contributed by atoms with Crippen molar-refractivity contribution in [2.24, 2.45) is 5.92 Å². The number of amides is 2. The fourth-order valence-corrected chi connectivity index (χ4v) is 4.03. The molecule has 2 amide bonds. The number of ether oxygens (including phenoxy) is 1. The molecule has 1 saturated heterocycles. The molecule has 1 aromatic carbocycles. The van der Waals surface area contributed by atoms with Gasteiger partial charge in [-0.25, -0.2) is 0 Å². The Morgan fingerprint density at radius 2 is 1.89 bits per heavy atom. The molecule has 3 rings (SSSR count). The summed E-state index contributed by atoms with van der Waals surface area (Å²) in [5.74, 6) is 0.662. The summed E-state index contributed by atoms with van der Waals surface area (Å²) in [7, 11) is 1.61. The number of nitrogens with one attached hydrogen (secondary N) is 1. The molecule has 5 nitrogen and oxygen atoms in total. The smallest absolute Gasteiger partial charge is 0.254 e. The standard InChI is InChI=1S/C21H26N2O3S/c1-26-12-9-22-20(24)18-4-2-16(3-5-18)14-17-6-10-23(11-7-17)21(25)19-8-13-27-15-19/h2-5,8,13,15,17H,6-7,9-12,14H2,1H3,(H,22,24). The van der Waals surface area contributed by atoms with Gasteiger partial charge in [-0.05, 0) is 54.3 Å². The molecule has 0 bridgehead atoms. The third kappa shape index (κ3) is 5.40. The van der Waals surface area contributed by atoms with Crippen molar-refractivity contribution in [3.05, 3.63) is 57.8 Å². The monoisotopic (exact) mass is 386 g/mol. The van der Waals surface area contributed by atoms with Crippen molar-refractivity contribution in [3.63, 3.8) is 0 Å². The van der Waals surface area contributed by atoms with Crippen LogP contribution in [0.2, 0.25) is 0 Å². The molecule has 1 aliphatic heterocycles. The zero-order valence-electron chi connectivity index (χ0n) is 15.6. The predicted octanol–water partition coefficient (Wildman–Crippen LogP) is 3.22. The van der Waals surface area contributed by atoms with Gasteiger partial charge in [-0.2, -0.15) is 11.3 Å². The average Bonchev–Trinajstić information content (AvgIpc) is 3.23. The minimum absolute atomic E-state index is 0.0705. The van der Waals surface area contributed by atoms with E-state index < -0.39 is 0 Å². The number of hydrogen-bond donors (Lipinski definition) is 1. The second-order valence-electron chi connectivity index (χ2n) is 6.90. The van der Waals surface area contributed by atoms with Crippen molar-refractivity contribution >= 4 is 23.2 Å². The fraction of sp³-hybridized carbons (Fsp3) is 0.429. The van der Waals surface area contributed by atoms with Crippen LogP contribution in [0.3, 0.4) is 0 Å². The molecular weight excluding hydrogens is 360 g/mol. The van der Waals surface area contributed by atoms with Crippen molar-refractivity contribution in [2.45, 2.75) is 19.3 Å². The molecule has 2 heterocycles. The Balaban J connectivity index is 1.46. The van der Waals surface area contributed by atoms with Crippen LogP contribution in [0, 0.1) is 5.92 Å². The van der Waals surface area contributed by atoms with Gasteiger partial charge >= 0.3 is 0 Å². The second kappa shape index (κ2) is 9.67. The molecule has 0 atom stereocenters. The van der Waals surface area contributed by atoms with E-state index in [9.17, 15) is 9.59 Å². The van der Waals surface area contributed by atoms with Gasteiger partial charge in [0.05, 0.1) is 12.2 Å². The van der Waals surface area contributed by atoms with Crippen LogP contribution in [0.5, 0.6) is 0 Å². The van der Waals surface area contributed by atoms with Gasteiger partial charge < -0.3 is 15.0 Å². The van der Waals surface area contributed by atoms with Gasteiger partial charge in [0, 0.05) is 37.7 Å². The van der Waals surface area contributed by atoms with Gasteiger partial charge in [0.25, 0.3) is 11.8 Å². The highest BCUT2D eigenvalue weighted by atomic mass is 32.1. The van der Waals surface area contributed by atoms with Crippen LogP contribution in [-0.4, -0.2) is 50.1 Å². The van der Waals surface area contributed by atoms with E-state index in [4.69, 9.17) is 4.74 Å². The molecule has 1 aromatic heterocycles. The summed E-state index contributed by atoms with van der Waals surface area (Å²) in [6.07, 6.45) is 3.04. The SMILES string of the molecule is COCCNC(=O)c1ccc(CC2CCN(C(=O)c3ccsc3)CC2)cc1. The summed E-state index contributed by atoms with van der Waals surface area (Å²) >= 11 is 1.56. The van der Waals surface area contributed by atoms with Crippen LogP contribution < -0.4 is 5.32 Å². The highest BCUT2D eigenvalue weighted by Gasteiger charge is 2.24. The summed E-state index contributed by atoms with van der Waals surface area (Å²) in [6.45, 7) is 2.66. The number of nitrogens with zero attached hydrogens (tertiary/aromatic N) is 1. The predicted molar refractivity (Wildman–Crippen MR) is 107 cm³/mol. The maximum Gasteiger partial charge on any atom is 0.254 e. The van der Waals surface area contributed by atoms with Crippen LogP contribution in [0.25, 0.3) is 0 Å². The van der Waals surface area contributed by atoms with Gasteiger partial charge in [-0.15, -0.1) is 0 Å². The van der Waals surface area contributed by atoms with Gasteiger partial charge in [-0.1, -0.05) is 12.1 Å². The van der Waals surface area contributed by atoms with E-state index in [1.165, 1.54) is 5.56 Å². The molecule has 6 heteroatoms. The van der Waals surface area contributed by atoms with E-state index in [0.29, 0.717) is 24.6 Å². The van der Waals surface area contributed by atoms with Crippen LogP contribution in [0.4, 0.5) is 0 Å². The van der Waals surface area contributed by atoms with Crippen molar-refractivity contribution < 1.29 is 14.3 Å². The zero-order valence-corrected chi connectivity index (χ0v) is 16.5. The number of carbonyl (C=O) groups excluding carboxylic acids is 2. The number of carbonyl (C=O) groups is 2. The molecule has 0 aliphatic carbocycles. The topological polar surface area (TPSA) is 58.6 Å². The second-order valence-corrected chi connectivity index (χ2v) is 7.68. The molecule has 1 fully saturated rings. The Morgan fingerprint density at radius 3 is 2.52 bits per heavy atom. The molecule has 144 valence electrons. The Labute approximate surface area is 164 Å². The summed E-state index contributed by atoms with van der Waals surface area (Å²) in [6, 6.07) is 9.73. The lowest BCUT2D eigenvalue weighted by atomic mass is 9.89. The number of hydrogen-bond acceptors (Lipinski definition) is 4. The number of benzene rings is 1. The minimum Gasteiger partial charge on any atom is -0.383 e. The molecule has 27 heavy (non-hydrogen) atoms. The molecule has 1 N–H and O–H groups in total. The Kier molecular flexibility index (Phi) is 7.01. The maximum absolute atomic E-state index is 12.4. The highest BCUT2D eigenvalue weighted by Crippen LogP contribution is 2.23. The quantitative estimate of drug-likeness (QED) is 0.744. The van der Waals surface area contributed by atoms with E-state index >= 15 is 0 Å². The molecule has 0 unspecified atom stereocenters. The van der Waals surface area contributed by atoms with Crippen molar-refractivity contribution in [3.8, 4) is 0 Å². The van der Waals surface area contributed by atoms with Gasteiger partial charge in [0.1, 0.15) is 0 Å². The number of thiophene rings is 1. The maximum atomic E-state index is 12.4. The molecule has 1 aliphatic rings. The molecular formula is C21H26N2O3S. The number of methoxy groups -OCH3 is 1. The van der Waals surface area contributed by atoms with Gasteiger partial charge in [0.15, 0.2) is 0 Å². The minimum atomic E-state index is -0.0705. The van der Waals surface area contributed by atoms with E-state index in [0.717, 1.165) is 37.9 Å². The van der Waals surface area contributed by atoms with Crippen LogP contribution in [0.1, 0.15) is 39.1 Å².